The van der Waals surface area contributed by atoms with E-state index in [0.29, 0.717) is 0 Å². The Hall–Kier alpha value is -1.63. The second kappa shape index (κ2) is 3.85. The van der Waals surface area contributed by atoms with Crippen molar-refractivity contribution in [3.05, 3.63) is 59.4 Å². The zero-order valence-electron chi connectivity index (χ0n) is 8.84. The van der Waals surface area contributed by atoms with Gasteiger partial charge in [0.15, 0.2) is 0 Å². The second-order valence-corrected chi connectivity index (χ2v) is 3.76. The summed E-state index contributed by atoms with van der Waals surface area (Å²) in [5, 5.41) is 0. The lowest BCUT2D eigenvalue weighted by Crippen LogP contribution is -1.83. The summed E-state index contributed by atoms with van der Waals surface area (Å²) >= 11 is 0. The summed E-state index contributed by atoms with van der Waals surface area (Å²) in [5.41, 5.74) is 4.33. The lowest BCUT2D eigenvalue weighted by atomic mass is 10.0. The van der Waals surface area contributed by atoms with Gasteiger partial charge in [-0.15, -0.1) is 0 Å². The van der Waals surface area contributed by atoms with Gasteiger partial charge >= 0.3 is 0 Å². The highest BCUT2D eigenvalue weighted by atomic mass is 19.1. The number of aryl methyl sites for hydroxylation is 2. The molecule has 2 aromatic carbocycles. The highest BCUT2D eigenvalue weighted by Gasteiger charge is 2.00. The molecule has 75 valence electrons. The van der Waals surface area contributed by atoms with Gasteiger partial charge < -0.3 is 0 Å². The van der Waals surface area contributed by atoms with Crippen LogP contribution in [0, 0.1) is 25.7 Å². The molecule has 0 aliphatic carbocycles. The van der Waals surface area contributed by atoms with Crippen molar-refractivity contribution in [3.63, 3.8) is 0 Å². The first-order chi connectivity index (χ1) is 7.15. The van der Waals surface area contributed by atoms with E-state index in [1.54, 1.807) is 12.1 Å². The van der Waals surface area contributed by atoms with E-state index in [4.69, 9.17) is 0 Å². The average molecular weight is 199 g/mol. The Kier molecular flexibility index (Phi) is 2.55. The number of hydrogen-bond acceptors (Lipinski definition) is 0. The van der Waals surface area contributed by atoms with Crippen molar-refractivity contribution in [2.45, 2.75) is 13.8 Å². The van der Waals surface area contributed by atoms with Crippen molar-refractivity contribution in [1.82, 2.24) is 0 Å². The number of halogens is 1. The predicted octanol–water partition coefficient (Wildman–Crippen LogP) is 3.91. The molecule has 0 heterocycles. The summed E-state index contributed by atoms with van der Waals surface area (Å²) < 4.78 is 12.8. The van der Waals surface area contributed by atoms with Gasteiger partial charge in [-0.3, -0.25) is 0 Å². The molecule has 0 N–H and O–H groups in total. The lowest BCUT2D eigenvalue weighted by Gasteiger charge is -2.04. The van der Waals surface area contributed by atoms with Crippen LogP contribution in [0.25, 0.3) is 11.1 Å². The van der Waals surface area contributed by atoms with Crippen molar-refractivity contribution >= 4 is 0 Å². The van der Waals surface area contributed by atoms with Gasteiger partial charge in [0.25, 0.3) is 0 Å². The van der Waals surface area contributed by atoms with Crippen LogP contribution in [0.3, 0.4) is 0 Å². The molecule has 0 aliphatic heterocycles. The molecule has 0 fully saturated rings. The van der Waals surface area contributed by atoms with Gasteiger partial charge in [0.05, 0.1) is 0 Å². The molecule has 0 amide bonds. The molecule has 0 atom stereocenters. The summed E-state index contributed by atoms with van der Waals surface area (Å²) in [6, 6.07) is 13.9. The Labute approximate surface area is 89.4 Å². The molecule has 2 rings (SSSR count). The van der Waals surface area contributed by atoms with Gasteiger partial charge in [0.2, 0.25) is 0 Å². The molecular formula is C14H12F. The minimum Gasteiger partial charge on any atom is -0.207 e. The van der Waals surface area contributed by atoms with E-state index in [1.165, 1.54) is 17.7 Å². The smallest absolute Gasteiger partial charge is 0.123 e. The maximum Gasteiger partial charge on any atom is 0.123 e. The molecule has 1 heteroatoms. The van der Waals surface area contributed by atoms with Gasteiger partial charge in [-0.05, 0) is 48.7 Å². The Morgan fingerprint density at radius 2 is 1.67 bits per heavy atom. The fraction of sp³-hybridized carbons (Fsp3) is 0.143. The van der Waals surface area contributed by atoms with Crippen molar-refractivity contribution in [2.75, 3.05) is 0 Å². The van der Waals surface area contributed by atoms with Crippen molar-refractivity contribution in [1.29, 1.82) is 0 Å². The molecule has 0 nitrogen and oxygen atoms in total. The maximum atomic E-state index is 12.8. The van der Waals surface area contributed by atoms with Gasteiger partial charge in [-0.2, -0.15) is 0 Å². The lowest BCUT2D eigenvalue weighted by molar-refractivity contribution is 0.628. The molecule has 15 heavy (non-hydrogen) atoms. The van der Waals surface area contributed by atoms with Crippen LogP contribution in [0.15, 0.2) is 36.4 Å². The largest absolute Gasteiger partial charge is 0.207 e. The van der Waals surface area contributed by atoms with E-state index in [0.717, 1.165) is 16.7 Å². The monoisotopic (exact) mass is 199 g/mol. The maximum absolute atomic E-state index is 12.8. The Morgan fingerprint density at radius 1 is 1.00 bits per heavy atom. The molecule has 0 spiro atoms. The summed E-state index contributed by atoms with van der Waals surface area (Å²) in [6.45, 7) is 4.06. The van der Waals surface area contributed by atoms with Crippen LogP contribution in [0.2, 0.25) is 0 Å². The molecule has 0 aromatic heterocycles. The average Bonchev–Trinajstić information content (AvgIpc) is 2.17. The highest BCUT2D eigenvalue weighted by molar-refractivity contribution is 5.64. The normalized spacial score (nSPS) is 10.3. The second-order valence-electron chi connectivity index (χ2n) is 3.76. The Bertz CT molecular complexity index is 449. The van der Waals surface area contributed by atoms with Crippen molar-refractivity contribution < 1.29 is 4.39 Å². The molecule has 2 aromatic rings. The van der Waals surface area contributed by atoms with E-state index < -0.39 is 0 Å². The van der Waals surface area contributed by atoms with Crippen LogP contribution in [-0.2, 0) is 0 Å². The summed E-state index contributed by atoms with van der Waals surface area (Å²) in [6.07, 6.45) is 0. The third kappa shape index (κ3) is 2.24. The van der Waals surface area contributed by atoms with Crippen LogP contribution in [0.4, 0.5) is 4.39 Å². The zero-order valence-corrected chi connectivity index (χ0v) is 8.84. The van der Waals surface area contributed by atoms with E-state index >= 15 is 0 Å². The first kappa shape index (κ1) is 9.91. The topological polar surface area (TPSA) is 0 Å². The quantitative estimate of drug-likeness (QED) is 0.653. The van der Waals surface area contributed by atoms with Crippen molar-refractivity contribution in [3.8, 4) is 11.1 Å². The number of rotatable bonds is 1. The van der Waals surface area contributed by atoms with Gasteiger partial charge in [-0.1, -0.05) is 29.8 Å². The minimum atomic E-state index is -0.205. The Morgan fingerprint density at radius 3 is 2.27 bits per heavy atom. The van der Waals surface area contributed by atoms with Crippen LogP contribution in [0.1, 0.15) is 11.1 Å². The third-order valence-electron chi connectivity index (χ3n) is 2.30. The fourth-order valence-electron chi connectivity index (χ4n) is 1.68. The summed E-state index contributed by atoms with van der Waals surface area (Å²) in [5.74, 6) is -0.205. The predicted molar refractivity (Wildman–Crippen MR) is 60.1 cm³/mol. The SMILES string of the molecule is Cc1[c]c(-c2ccc(F)cc2)cc(C)c1. The van der Waals surface area contributed by atoms with Crippen LogP contribution < -0.4 is 0 Å². The summed E-state index contributed by atoms with van der Waals surface area (Å²) in [4.78, 5) is 0. The van der Waals surface area contributed by atoms with E-state index in [2.05, 4.69) is 18.2 Å². The van der Waals surface area contributed by atoms with Crippen LogP contribution in [-0.4, -0.2) is 0 Å². The molecule has 0 saturated heterocycles. The van der Waals surface area contributed by atoms with Gasteiger partial charge in [-0.25, -0.2) is 4.39 Å². The van der Waals surface area contributed by atoms with Gasteiger partial charge in [0, 0.05) is 0 Å². The van der Waals surface area contributed by atoms with Crippen LogP contribution in [0.5, 0.6) is 0 Å². The van der Waals surface area contributed by atoms with E-state index in [9.17, 15) is 4.39 Å². The van der Waals surface area contributed by atoms with E-state index in [1.807, 2.05) is 13.8 Å². The first-order valence-corrected chi connectivity index (χ1v) is 4.92. The number of benzene rings is 2. The molecule has 0 aliphatic rings. The Balaban J connectivity index is 2.49. The fourth-order valence-corrected chi connectivity index (χ4v) is 1.68. The van der Waals surface area contributed by atoms with Gasteiger partial charge in [0.1, 0.15) is 5.82 Å². The van der Waals surface area contributed by atoms with E-state index in [-0.39, 0.29) is 5.82 Å². The van der Waals surface area contributed by atoms with Crippen LogP contribution >= 0.6 is 0 Å². The minimum absolute atomic E-state index is 0.205. The molecule has 0 saturated carbocycles. The molecule has 0 bridgehead atoms. The first-order valence-electron chi connectivity index (χ1n) is 4.92. The van der Waals surface area contributed by atoms with Crippen molar-refractivity contribution in [2.24, 2.45) is 0 Å². The molecular weight excluding hydrogens is 187 g/mol. The molecule has 0 unspecified atom stereocenters. The zero-order chi connectivity index (χ0) is 10.8. The molecule has 1 radical (unpaired) electrons. The summed E-state index contributed by atoms with van der Waals surface area (Å²) in [7, 11) is 0. The standard InChI is InChI=1S/C14H12F/c1-10-7-11(2)9-13(8-10)12-3-5-14(15)6-4-12/h3-8H,1-2H3. The third-order valence-corrected chi connectivity index (χ3v) is 2.30. The number of hydrogen-bond donors (Lipinski definition) is 0. The highest BCUT2D eigenvalue weighted by Crippen LogP contribution is 2.21.